The summed E-state index contributed by atoms with van der Waals surface area (Å²) >= 11 is 8.67. The molecule has 8 heteroatoms. The molecule has 2 N–H and O–H groups in total. The Morgan fingerprint density at radius 1 is 1.35 bits per heavy atom. The summed E-state index contributed by atoms with van der Waals surface area (Å²) in [6.45, 7) is 1.58. The maximum absolute atomic E-state index is 5.33. The molecule has 1 heterocycles. The number of nitrogens with one attached hydrogen (secondary N) is 2. The van der Waals surface area contributed by atoms with Crippen molar-refractivity contribution in [3.8, 4) is 11.5 Å². The summed E-state index contributed by atoms with van der Waals surface area (Å²) in [6, 6.07) is 5.52. The predicted molar refractivity (Wildman–Crippen MR) is 98.3 cm³/mol. The van der Waals surface area contributed by atoms with E-state index in [1.165, 1.54) is 0 Å². The Bertz CT molecular complexity index is 663. The van der Waals surface area contributed by atoms with E-state index in [0.29, 0.717) is 10.9 Å². The number of benzene rings is 1. The molecular weight excluding hydrogens is 380 g/mol. The number of thiocarbonyl (C=S) groups is 1. The molecule has 0 saturated heterocycles. The van der Waals surface area contributed by atoms with Crippen LogP contribution in [0, 0.1) is 0 Å². The van der Waals surface area contributed by atoms with Crippen molar-refractivity contribution in [1.29, 1.82) is 0 Å². The molecule has 0 bridgehead atoms. The van der Waals surface area contributed by atoms with Gasteiger partial charge in [0.15, 0.2) is 5.11 Å². The lowest BCUT2D eigenvalue weighted by Gasteiger charge is -2.14. The second-order valence-electron chi connectivity index (χ2n) is 4.72. The van der Waals surface area contributed by atoms with E-state index >= 15 is 0 Å². The van der Waals surface area contributed by atoms with Gasteiger partial charge in [-0.05, 0) is 46.7 Å². The molecular formula is C15H19BrN4O2S. The Labute approximate surface area is 149 Å². The van der Waals surface area contributed by atoms with Crippen molar-refractivity contribution in [2.24, 2.45) is 0 Å². The Morgan fingerprint density at radius 2 is 2.17 bits per heavy atom. The second kappa shape index (κ2) is 8.73. The summed E-state index contributed by atoms with van der Waals surface area (Å²) in [4.78, 5) is 0. The first-order valence-corrected chi connectivity index (χ1v) is 8.27. The number of halogens is 1. The first-order chi connectivity index (χ1) is 11.1. The monoisotopic (exact) mass is 398 g/mol. The zero-order chi connectivity index (χ0) is 16.7. The Hall–Kier alpha value is -1.80. The van der Waals surface area contributed by atoms with Crippen LogP contribution in [0.25, 0.3) is 0 Å². The highest BCUT2D eigenvalue weighted by Gasteiger charge is 2.06. The lowest BCUT2D eigenvalue weighted by molar-refractivity contribution is 0.395. The van der Waals surface area contributed by atoms with Crippen molar-refractivity contribution >= 4 is 38.9 Å². The normalized spacial score (nSPS) is 10.2. The maximum Gasteiger partial charge on any atom is 0.170 e. The Morgan fingerprint density at radius 3 is 2.83 bits per heavy atom. The van der Waals surface area contributed by atoms with Crippen LogP contribution in [-0.4, -0.2) is 35.7 Å². The Balaban J connectivity index is 1.78. The standard InChI is InChI=1S/C15H19BrN4O2S/c1-21-12-4-5-13(14(8-12)22-2)19-15(23)17-6-3-7-20-10-11(16)9-18-20/h4-5,8-10H,3,6-7H2,1-2H3,(H2,17,19,23). The fourth-order valence-electron chi connectivity index (χ4n) is 1.97. The number of hydrogen-bond donors (Lipinski definition) is 2. The molecule has 0 amide bonds. The van der Waals surface area contributed by atoms with Crippen molar-refractivity contribution in [3.05, 3.63) is 35.1 Å². The van der Waals surface area contributed by atoms with Crippen LogP contribution in [0.15, 0.2) is 35.1 Å². The topological polar surface area (TPSA) is 60.3 Å². The third-order valence-electron chi connectivity index (χ3n) is 3.11. The highest BCUT2D eigenvalue weighted by atomic mass is 79.9. The molecule has 0 saturated carbocycles. The van der Waals surface area contributed by atoms with E-state index in [1.54, 1.807) is 26.5 Å². The molecule has 0 aliphatic heterocycles. The average molecular weight is 399 g/mol. The Kier molecular flexibility index (Phi) is 6.66. The minimum atomic E-state index is 0.551. The first kappa shape index (κ1) is 17.6. The summed E-state index contributed by atoms with van der Waals surface area (Å²) in [5, 5.41) is 11.0. The van der Waals surface area contributed by atoms with Crippen LogP contribution in [-0.2, 0) is 6.54 Å². The van der Waals surface area contributed by atoms with Crippen molar-refractivity contribution in [1.82, 2.24) is 15.1 Å². The van der Waals surface area contributed by atoms with Crippen molar-refractivity contribution in [3.63, 3.8) is 0 Å². The van der Waals surface area contributed by atoms with E-state index in [9.17, 15) is 0 Å². The van der Waals surface area contributed by atoms with E-state index in [1.807, 2.05) is 23.0 Å². The zero-order valence-electron chi connectivity index (χ0n) is 13.0. The molecule has 2 rings (SSSR count). The van der Waals surface area contributed by atoms with Gasteiger partial charge in [-0.1, -0.05) is 0 Å². The van der Waals surface area contributed by atoms with E-state index in [4.69, 9.17) is 21.7 Å². The lowest BCUT2D eigenvalue weighted by Crippen LogP contribution is -2.30. The molecule has 0 spiro atoms. The fourth-order valence-corrected chi connectivity index (χ4v) is 2.51. The summed E-state index contributed by atoms with van der Waals surface area (Å²) in [5.41, 5.74) is 0.793. The number of methoxy groups -OCH3 is 2. The van der Waals surface area contributed by atoms with Gasteiger partial charge in [0.1, 0.15) is 11.5 Å². The molecule has 1 aromatic carbocycles. The SMILES string of the molecule is COc1ccc(NC(=S)NCCCn2cc(Br)cn2)c(OC)c1. The van der Waals surface area contributed by atoms with Crippen LogP contribution in [0.4, 0.5) is 5.69 Å². The fraction of sp³-hybridized carbons (Fsp3) is 0.333. The molecule has 0 atom stereocenters. The number of aryl methyl sites for hydroxylation is 1. The van der Waals surface area contributed by atoms with Crippen molar-refractivity contribution in [2.45, 2.75) is 13.0 Å². The third kappa shape index (κ3) is 5.40. The summed E-state index contributed by atoms with van der Waals surface area (Å²) in [5.74, 6) is 1.41. The van der Waals surface area contributed by atoms with Gasteiger partial charge in [0.05, 0.1) is 30.6 Å². The van der Waals surface area contributed by atoms with Gasteiger partial charge < -0.3 is 20.1 Å². The van der Waals surface area contributed by atoms with Crippen LogP contribution in [0.2, 0.25) is 0 Å². The lowest BCUT2D eigenvalue weighted by atomic mass is 10.2. The van der Waals surface area contributed by atoms with Crippen molar-refractivity contribution in [2.75, 3.05) is 26.1 Å². The van der Waals surface area contributed by atoms with E-state index in [-0.39, 0.29) is 0 Å². The van der Waals surface area contributed by atoms with Gasteiger partial charge in [0.2, 0.25) is 0 Å². The van der Waals surface area contributed by atoms with Gasteiger partial charge >= 0.3 is 0 Å². The zero-order valence-corrected chi connectivity index (χ0v) is 15.4. The van der Waals surface area contributed by atoms with E-state index < -0.39 is 0 Å². The van der Waals surface area contributed by atoms with Crippen LogP contribution >= 0.6 is 28.1 Å². The molecule has 0 unspecified atom stereocenters. The molecule has 23 heavy (non-hydrogen) atoms. The molecule has 2 aromatic rings. The highest BCUT2D eigenvalue weighted by molar-refractivity contribution is 9.10. The van der Waals surface area contributed by atoms with E-state index in [0.717, 1.165) is 35.4 Å². The molecule has 0 radical (unpaired) electrons. The van der Waals surface area contributed by atoms with Gasteiger partial charge in [-0.3, -0.25) is 4.68 Å². The molecule has 1 aromatic heterocycles. The predicted octanol–water partition coefficient (Wildman–Crippen LogP) is 3.04. The maximum atomic E-state index is 5.33. The largest absolute Gasteiger partial charge is 0.497 e. The third-order valence-corrected chi connectivity index (χ3v) is 3.76. The number of rotatable bonds is 7. The van der Waals surface area contributed by atoms with Crippen LogP contribution < -0.4 is 20.1 Å². The number of aromatic nitrogens is 2. The average Bonchev–Trinajstić information content (AvgIpc) is 2.97. The molecule has 6 nitrogen and oxygen atoms in total. The number of anilines is 1. The number of hydrogen-bond acceptors (Lipinski definition) is 4. The summed E-state index contributed by atoms with van der Waals surface area (Å²) in [7, 11) is 3.23. The van der Waals surface area contributed by atoms with Crippen LogP contribution in [0.1, 0.15) is 6.42 Å². The quantitative estimate of drug-likeness (QED) is 0.552. The second-order valence-corrected chi connectivity index (χ2v) is 6.05. The van der Waals surface area contributed by atoms with Gasteiger partial charge in [0.25, 0.3) is 0 Å². The minimum absolute atomic E-state index is 0.551. The van der Waals surface area contributed by atoms with Gasteiger partial charge in [-0.15, -0.1) is 0 Å². The molecule has 0 fully saturated rings. The molecule has 0 aliphatic carbocycles. The number of nitrogens with zero attached hydrogens (tertiary/aromatic N) is 2. The van der Waals surface area contributed by atoms with Gasteiger partial charge in [0, 0.05) is 25.4 Å². The van der Waals surface area contributed by atoms with Crippen LogP contribution in [0.3, 0.4) is 0 Å². The summed E-state index contributed by atoms with van der Waals surface area (Å²) < 4.78 is 13.4. The first-order valence-electron chi connectivity index (χ1n) is 7.07. The smallest absolute Gasteiger partial charge is 0.170 e. The number of ether oxygens (including phenoxy) is 2. The van der Waals surface area contributed by atoms with E-state index in [2.05, 4.69) is 31.7 Å². The van der Waals surface area contributed by atoms with Gasteiger partial charge in [-0.25, -0.2) is 0 Å². The van der Waals surface area contributed by atoms with Crippen LogP contribution in [0.5, 0.6) is 11.5 Å². The molecule has 124 valence electrons. The summed E-state index contributed by atoms with van der Waals surface area (Å²) in [6.07, 6.45) is 4.63. The van der Waals surface area contributed by atoms with Gasteiger partial charge in [-0.2, -0.15) is 5.10 Å². The van der Waals surface area contributed by atoms with Crippen molar-refractivity contribution < 1.29 is 9.47 Å². The highest BCUT2D eigenvalue weighted by Crippen LogP contribution is 2.28. The molecule has 0 aliphatic rings. The minimum Gasteiger partial charge on any atom is -0.497 e.